The zero-order valence-corrected chi connectivity index (χ0v) is 13.7. The van der Waals surface area contributed by atoms with Gasteiger partial charge in [-0.05, 0) is 44.9 Å². The van der Waals surface area contributed by atoms with Gasteiger partial charge in [0.05, 0.1) is 6.10 Å². The lowest BCUT2D eigenvalue weighted by Crippen LogP contribution is -2.30. The third-order valence-electron chi connectivity index (χ3n) is 3.85. The highest BCUT2D eigenvalue weighted by Gasteiger charge is 2.27. The van der Waals surface area contributed by atoms with Crippen molar-refractivity contribution in [1.82, 2.24) is 15.0 Å². The molecule has 0 bridgehead atoms. The SMILES string of the molecule is CNc1nc(NC2CCC(C)(C)CC2)nc(OC(C)C)n1. The first-order chi connectivity index (χ1) is 9.88. The molecule has 21 heavy (non-hydrogen) atoms. The third kappa shape index (κ3) is 4.72. The Morgan fingerprint density at radius 2 is 1.71 bits per heavy atom. The van der Waals surface area contributed by atoms with Crippen molar-refractivity contribution in [1.29, 1.82) is 0 Å². The van der Waals surface area contributed by atoms with Crippen molar-refractivity contribution in [3.63, 3.8) is 0 Å². The number of aromatic nitrogens is 3. The fourth-order valence-electron chi connectivity index (χ4n) is 2.52. The Labute approximate surface area is 127 Å². The van der Waals surface area contributed by atoms with Crippen LogP contribution in [0.25, 0.3) is 0 Å². The molecular weight excluding hydrogens is 266 g/mol. The van der Waals surface area contributed by atoms with E-state index in [1.807, 2.05) is 13.8 Å². The van der Waals surface area contributed by atoms with Crippen molar-refractivity contribution in [2.45, 2.75) is 65.5 Å². The number of nitrogens with one attached hydrogen (secondary N) is 2. The Bertz CT molecular complexity index is 465. The molecule has 2 N–H and O–H groups in total. The molecule has 0 spiro atoms. The molecule has 0 atom stereocenters. The van der Waals surface area contributed by atoms with Crippen molar-refractivity contribution < 1.29 is 4.74 Å². The number of rotatable bonds is 5. The smallest absolute Gasteiger partial charge is 0.323 e. The van der Waals surface area contributed by atoms with Crippen molar-refractivity contribution in [3.05, 3.63) is 0 Å². The van der Waals surface area contributed by atoms with Crippen LogP contribution in [-0.2, 0) is 0 Å². The Kier molecular flexibility index (Phi) is 4.85. The molecule has 1 heterocycles. The van der Waals surface area contributed by atoms with Gasteiger partial charge < -0.3 is 15.4 Å². The van der Waals surface area contributed by atoms with Gasteiger partial charge >= 0.3 is 6.01 Å². The zero-order valence-electron chi connectivity index (χ0n) is 13.7. The molecule has 6 heteroatoms. The van der Waals surface area contributed by atoms with E-state index in [2.05, 4.69) is 39.4 Å². The Balaban J connectivity index is 2.05. The molecule has 0 radical (unpaired) electrons. The van der Waals surface area contributed by atoms with Crippen LogP contribution in [0.5, 0.6) is 6.01 Å². The van der Waals surface area contributed by atoms with Crippen LogP contribution >= 0.6 is 0 Å². The highest BCUT2D eigenvalue weighted by atomic mass is 16.5. The van der Waals surface area contributed by atoms with E-state index in [1.165, 1.54) is 12.8 Å². The van der Waals surface area contributed by atoms with Crippen LogP contribution in [0.4, 0.5) is 11.9 Å². The molecule has 2 rings (SSSR count). The molecule has 1 aromatic rings. The molecule has 0 aromatic carbocycles. The number of nitrogens with zero attached hydrogens (tertiary/aromatic N) is 3. The molecule has 0 saturated heterocycles. The fourth-order valence-corrected chi connectivity index (χ4v) is 2.52. The van der Waals surface area contributed by atoms with E-state index in [4.69, 9.17) is 4.74 Å². The van der Waals surface area contributed by atoms with Gasteiger partial charge in [0.25, 0.3) is 0 Å². The summed E-state index contributed by atoms with van der Waals surface area (Å²) in [5.74, 6) is 1.12. The number of hydrogen-bond donors (Lipinski definition) is 2. The average molecular weight is 293 g/mol. The lowest BCUT2D eigenvalue weighted by molar-refractivity contribution is 0.221. The molecule has 1 aromatic heterocycles. The molecule has 0 unspecified atom stereocenters. The van der Waals surface area contributed by atoms with Gasteiger partial charge in [0.15, 0.2) is 0 Å². The predicted molar refractivity (Wildman–Crippen MR) is 84.8 cm³/mol. The summed E-state index contributed by atoms with van der Waals surface area (Å²) < 4.78 is 5.58. The second kappa shape index (κ2) is 6.45. The van der Waals surface area contributed by atoms with Crippen molar-refractivity contribution in [2.24, 2.45) is 5.41 Å². The van der Waals surface area contributed by atoms with Gasteiger partial charge in [0.2, 0.25) is 11.9 Å². The van der Waals surface area contributed by atoms with E-state index in [1.54, 1.807) is 7.05 Å². The standard InChI is InChI=1S/C15H27N5O/c1-10(2)21-14-19-12(16-5)18-13(20-14)17-11-6-8-15(3,4)9-7-11/h10-11H,6-9H2,1-5H3,(H2,16,17,18,19,20). The molecule has 1 aliphatic rings. The normalized spacial score (nSPS) is 18.6. The number of hydrogen-bond acceptors (Lipinski definition) is 6. The first-order valence-electron chi connectivity index (χ1n) is 7.75. The van der Waals surface area contributed by atoms with Gasteiger partial charge in [-0.1, -0.05) is 13.8 Å². The molecule has 1 aliphatic carbocycles. The van der Waals surface area contributed by atoms with Crippen LogP contribution in [0.2, 0.25) is 0 Å². The zero-order chi connectivity index (χ0) is 15.5. The van der Waals surface area contributed by atoms with Gasteiger partial charge in [-0.3, -0.25) is 0 Å². The summed E-state index contributed by atoms with van der Waals surface area (Å²) in [5.41, 5.74) is 0.458. The Morgan fingerprint density at radius 3 is 2.29 bits per heavy atom. The summed E-state index contributed by atoms with van der Waals surface area (Å²) in [5, 5.41) is 6.37. The maximum Gasteiger partial charge on any atom is 0.323 e. The Hall–Kier alpha value is -1.59. The minimum atomic E-state index is 0.0421. The van der Waals surface area contributed by atoms with Crippen LogP contribution in [-0.4, -0.2) is 34.1 Å². The van der Waals surface area contributed by atoms with Crippen LogP contribution in [0.1, 0.15) is 53.4 Å². The van der Waals surface area contributed by atoms with E-state index >= 15 is 0 Å². The van der Waals surface area contributed by atoms with E-state index in [0.717, 1.165) is 12.8 Å². The van der Waals surface area contributed by atoms with E-state index in [0.29, 0.717) is 29.4 Å². The van der Waals surface area contributed by atoms with Gasteiger partial charge in [-0.2, -0.15) is 15.0 Å². The van der Waals surface area contributed by atoms with Crippen LogP contribution in [0.15, 0.2) is 0 Å². The van der Waals surface area contributed by atoms with Crippen LogP contribution in [0, 0.1) is 5.41 Å². The molecular formula is C15H27N5O. The fraction of sp³-hybridized carbons (Fsp3) is 0.800. The largest absolute Gasteiger partial charge is 0.461 e. The molecule has 1 fully saturated rings. The van der Waals surface area contributed by atoms with Gasteiger partial charge in [-0.15, -0.1) is 0 Å². The lowest BCUT2D eigenvalue weighted by Gasteiger charge is -2.34. The molecule has 118 valence electrons. The second-order valence-corrected chi connectivity index (χ2v) is 6.76. The minimum Gasteiger partial charge on any atom is -0.461 e. The van der Waals surface area contributed by atoms with Crippen LogP contribution < -0.4 is 15.4 Å². The summed E-state index contributed by atoms with van der Waals surface area (Å²) in [6.45, 7) is 8.58. The monoisotopic (exact) mass is 293 g/mol. The predicted octanol–water partition coefficient (Wildman–Crippen LogP) is 3.08. The first kappa shape index (κ1) is 15.8. The van der Waals surface area contributed by atoms with Gasteiger partial charge in [-0.25, -0.2) is 0 Å². The van der Waals surface area contributed by atoms with E-state index < -0.39 is 0 Å². The summed E-state index contributed by atoms with van der Waals surface area (Å²) in [4.78, 5) is 12.9. The highest BCUT2D eigenvalue weighted by molar-refractivity contribution is 5.36. The molecule has 0 amide bonds. The van der Waals surface area contributed by atoms with Crippen LogP contribution in [0.3, 0.4) is 0 Å². The second-order valence-electron chi connectivity index (χ2n) is 6.76. The van der Waals surface area contributed by atoms with Gasteiger partial charge in [0, 0.05) is 13.1 Å². The first-order valence-corrected chi connectivity index (χ1v) is 7.75. The highest BCUT2D eigenvalue weighted by Crippen LogP contribution is 2.35. The molecule has 1 saturated carbocycles. The maximum absolute atomic E-state index is 5.58. The van der Waals surface area contributed by atoms with Crippen molar-refractivity contribution in [3.8, 4) is 6.01 Å². The average Bonchev–Trinajstić information content (AvgIpc) is 2.40. The summed E-state index contributed by atoms with van der Waals surface area (Å²) in [7, 11) is 1.79. The summed E-state index contributed by atoms with van der Waals surface area (Å²) in [6.07, 6.45) is 4.79. The van der Waals surface area contributed by atoms with Gasteiger partial charge in [0.1, 0.15) is 0 Å². The van der Waals surface area contributed by atoms with E-state index in [9.17, 15) is 0 Å². The van der Waals surface area contributed by atoms with Crippen molar-refractivity contribution in [2.75, 3.05) is 17.7 Å². The minimum absolute atomic E-state index is 0.0421. The quantitative estimate of drug-likeness (QED) is 0.869. The van der Waals surface area contributed by atoms with Crippen molar-refractivity contribution >= 4 is 11.9 Å². The Morgan fingerprint density at radius 1 is 1.10 bits per heavy atom. The molecule has 0 aliphatic heterocycles. The third-order valence-corrected chi connectivity index (χ3v) is 3.85. The topological polar surface area (TPSA) is 72.0 Å². The summed E-state index contributed by atoms with van der Waals surface area (Å²) >= 11 is 0. The molecule has 6 nitrogen and oxygen atoms in total. The number of ether oxygens (including phenoxy) is 1. The number of anilines is 2. The van der Waals surface area contributed by atoms with E-state index in [-0.39, 0.29) is 6.10 Å². The summed E-state index contributed by atoms with van der Waals surface area (Å²) in [6, 6.07) is 0.792. The lowest BCUT2D eigenvalue weighted by atomic mass is 9.76. The maximum atomic E-state index is 5.58.